The first-order valence-electron chi connectivity index (χ1n) is 16.0. The number of methoxy groups -OCH3 is 1. The lowest BCUT2D eigenvalue weighted by atomic mass is 10.0. The number of esters is 1. The van der Waals surface area contributed by atoms with E-state index in [1.807, 2.05) is 6.92 Å². The Hall–Kier alpha value is -3.35. The number of carbonyl (C=O) groups is 2. The number of ether oxygens (including phenoxy) is 3. The van der Waals surface area contributed by atoms with Crippen LogP contribution in [0.25, 0.3) is 0 Å². The summed E-state index contributed by atoms with van der Waals surface area (Å²) in [4.78, 5) is 24.7. The second kappa shape index (κ2) is 22.3. The second-order valence-electron chi connectivity index (χ2n) is 10.8. The van der Waals surface area contributed by atoms with E-state index in [9.17, 15) is 9.59 Å². The van der Waals surface area contributed by atoms with Gasteiger partial charge in [-0.15, -0.1) is 0 Å². The van der Waals surface area contributed by atoms with Crippen molar-refractivity contribution < 1.29 is 23.8 Å². The van der Waals surface area contributed by atoms with Crippen molar-refractivity contribution in [2.24, 2.45) is 5.10 Å². The number of hydrogen-bond acceptors (Lipinski definition) is 6. The summed E-state index contributed by atoms with van der Waals surface area (Å²) in [5.74, 6) is 0.814. The van der Waals surface area contributed by atoms with Gasteiger partial charge in [0.2, 0.25) is 5.91 Å². The van der Waals surface area contributed by atoms with Crippen molar-refractivity contribution in [1.29, 1.82) is 0 Å². The molecule has 2 rings (SSSR count). The molecule has 0 aromatic heterocycles. The van der Waals surface area contributed by atoms with Crippen LogP contribution in [0.3, 0.4) is 0 Å². The van der Waals surface area contributed by atoms with Gasteiger partial charge in [-0.3, -0.25) is 4.79 Å². The number of nitrogens with one attached hydrogen (secondary N) is 1. The third-order valence-electron chi connectivity index (χ3n) is 7.21. The molecule has 0 heterocycles. The summed E-state index contributed by atoms with van der Waals surface area (Å²) in [5.41, 5.74) is 3.72. The van der Waals surface area contributed by atoms with Crippen LogP contribution in [-0.4, -0.2) is 31.8 Å². The van der Waals surface area contributed by atoms with E-state index in [1.165, 1.54) is 83.5 Å². The maximum Gasteiger partial charge on any atom is 0.343 e. The monoisotopic (exact) mass is 580 g/mol. The van der Waals surface area contributed by atoms with E-state index in [4.69, 9.17) is 14.2 Å². The van der Waals surface area contributed by atoms with E-state index >= 15 is 0 Å². The Morgan fingerprint density at radius 3 is 1.86 bits per heavy atom. The fourth-order valence-electron chi connectivity index (χ4n) is 4.74. The highest BCUT2D eigenvalue weighted by atomic mass is 16.6. The largest absolute Gasteiger partial charge is 0.497 e. The number of carbonyl (C=O) groups excluding carboxylic acids is 2. The molecular formula is C35H52N2O5. The highest BCUT2D eigenvalue weighted by Gasteiger charge is 2.13. The van der Waals surface area contributed by atoms with Crippen molar-refractivity contribution in [2.45, 2.75) is 117 Å². The zero-order valence-corrected chi connectivity index (χ0v) is 26.1. The van der Waals surface area contributed by atoms with Gasteiger partial charge in [-0.2, -0.15) is 5.10 Å². The molecule has 0 aliphatic heterocycles. The van der Waals surface area contributed by atoms with Crippen molar-refractivity contribution in [3.05, 3.63) is 53.6 Å². The molecule has 42 heavy (non-hydrogen) atoms. The van der Waals surface area contributed by atoms with Crippen molar-refractivity contribution in [1.82, 2.24) is 5.43 Å². The summed E-state index contributed by atoms with van der Waals surface area (Å²) in [6.45, 7) is 4.53. The molecule has 0 fully saturated rings. The summed E-state index contributed by atoms with van der Waals surface area (Å²) < 4.78 is 16.4. The van der Waals surface area contributed by atoms with E-state index in [2.05, 4.69) is 17.5 Å². The van der Waals surface area contributed by atoms with Crippen molar-refractivity contribution in [3.63, 3.8) is 0 Å². The zero-order chi connectivity index (χ0) is 30.3. The van der Waals surface area contributed by atoms with E-state index < -0.39 is 5.97 Å². The highest BCUT2D eigenvalue weighted by molar-refractivity contribution is 5.91. The molecule has 0 bridgehead atoms. The SMILES string of the molecule is CCCCCCCCCCCCCCCCCC(=O)N/N=C\c1ccc(OC(=O)c2ccc(OC)cc2)c(OCC)c1. The number of amides is 1. The Labute approximate surface area is 253 Å². The third kappa shape index (κ3) is 15.0. The van der Waals surface area contributed by atoms with Crippen LogP contribution >= 0.6 is 0 Å². The van der Waals surface area contributed by atoms with Crippen LogP contribution in [0.1, 0.15) is 133 Å². The predicted octanol–water partition coefficient (Wildman–Crippen LogP) is 9.02. The maximum absolute atomic E-state index is 12.6. The topological polar surface area (TPSA) is 86.2 Å². The Kier molecular flexibility index (Phi) is 18.5. The molecule has 0 atom stereocenters. The molecule has 7 nitrogen and oxygen atoms in total. The number of unbranched alkanes of at least 4 members (excludes halogenated alkanes) is 14. The molecule has 0 unspecified atom stereocenters. The number of benzene rings is 2. The fourth-order valence-corrected chi connectivity index (χ4v) is 4.74. The molecule has 0 spiro atoms. The van der Waals surface area contributed by atoms with E-state index in [0.29, 0.717) is 35.8 Å². The van der Waals surface area contributed by atoms with Crippen LogP contribution in [-0.2, 0) is 4.79 Å². The minimum absolute atomic E-state index is 0.0870. The van der Waals surface area contributed by atoms with Crippen molar-refractivity contribution >= 4 is 18.1 Å². The molecule has 1 amide bonds. The van der Waals surface area contributed by atoms with Gasteiger partial charge in [-0.05, 0) is 61.4 Å². The van der Waals surface area contributed by atoms with Gasteiger partial charge in [-0.1, -0.05) is 96.8 Å². The van der Waals surface area contributed by atoms with Gasteiger partial charge in [0.05, 0.1) is 25.5 Å². The third-order valence-corrected chi connectivity index (χ3v) is 7.21. The standard InChI is InChI=1S/C35H52N2O5/c1-4-6-7-8-9-10-11-12-13-14-15-16-17-18-19-20-34(38)37-36-28-29-21-26-32(33(27-29)41-5-2)42-35(39)30-22-24-31(40-3)25-23-30/h21-28H,4-20H2,1-3H3,(H,37,38)/b36-28-. The molecular weight excluding hydrogens is 528 g/mol. The fraction of sp³-hybridized carbons (Fsp3) is 0.571. The first-order chi connectivity index (χ1) is 20.6. The molecule has 1 N–H and O–H groups in total. The Bertz CT molecular complexity index is 1050. The van der Waals surface area contributed by atoms with Gasteiger partial charge >= 0.3 is 5.97 Å². The quantitative estimate of drug-likeness (QED) is 0.0466. The van der Waals surface area contributed by atoms with E-state index in [0.717, 1.165) is 18.4 Å². The summed E-state index contributed by atoms with van der Waals surface area (Å²) in [5, 5.41) is 4.09. The molecule has 7 heteroatoms. The second-order valence-corrected chi connectivity index (χ2v) is 10.8. The zero-order valence-electron chi connectivity index (χ0n) is 26.1. The van der Waals surface area contributed by atoms with Crippen LogP contribution in [0.4, 0.5) is 0 Å². The van der Waals surface area contributed by atoms with Crippen LogP contribution in [0.5, 0.6) is 17.2 Å². The minimum Gasteiger partial charge on any atom is -0.497 e. The summed E-state index contributed by atoms with van der Waals surface area (Å²) >= 11 is 0. The summed E-state index contributed by atoms with van der Waals surface area (Å²) in [6.07, 6.45) is 21.5. The lowest BCUT2D eigenvalue weighted by Crippen LogP contribution is -2.16. The summed E-state index contributed by atoms with van der Waals surface area (Å²) in [6, 6.07) is 11.8. The van der Waals surface area contributed by atoms with Gasteiger partial charge < -0.3 is 14.2 Å². The van der Waals surface area contributed by atoms with Crippen LogP contribution in [0.15, 0.2) is 47.6 Å². The molecule has 2 aromatic rings. The smallest absolute Gasteiger partial charge is 0.343 e. The predicted molar refractivity (Wildman–Crippen MR) is 171 cm³/mol. The van der Waals surface area contributed by atoms with Crippen LogP contribution in [0.2, 0.25) is 0 Å². The maximum atomic E-state index is 12.6. The molecule has 0 saturated carbocycles. The van der Waals surface area contributed by atoms with Gasteiger partial charge in [0.25, 0.3) is 0 Å². The first-order valence-corrected chi connectivity index (χ1v) is 16.0. The Morgan fingerprint density at radius 2 is 1.31 bits per heavy atom. The summed E-state index contributed by atoms with van der Waals surface area (Å²) in [7, 11) is 1.57. The number of rotatable bonds is 23. The van der Waals surface area contributed by atoms with Gasteiger partial charge in [0, 0.05) is 6.42 Å². The van der Waals surface area contributed by atoms with Crippen molar-refractivity contribution in [3.8, 4) is 17.2 Å². The number of nitrogens with zero attached hydrogens (tertiary/aromatic N) is 1. The van der Waals surface area contributed by atoms with Crippen LogP contribution in [0, 0.1) is 0 Å². The number of hydrogen-bond donors (Lipinski definition) is 1. The minimum atomic E-state index is -0.494. The number of hydrazone groups is 1. The van der Waals surface area contributed by atoms with Gasteiger partial charge in [-0.25, -0.2) is 10.2 Å². The normalized spacial score (nSPS) is 11.0. The van der Waals surface area contributed by atoms with Gasteiger partial charge in [0.1, 0.15) is 5.75 Å². The first kappa shape index (κ1) is 34.8. The Morgan fingerprint density at radius 1 is 0.738 bits per heavy atom. The molecule has 0 aliphatic carbocycles. The molecule has 0 saturated heterocycles. The lowest BCUT2D eigenvalue weighted by molar-refractivity contribution is -0.121. The van der Waals surface area contributed by atoms with E-state index in [1.54, 1.807) is 55.8 Å². The van der Waals surface area contributed by atoms with Gasteiger partial charge in [0.15, 0.2) is 11.5 Å². The Balaban J connectivity index is 1.60. The highest BCUT2D eigenvalue weighted by Crippen LogP contribution is 2.29. The molecule has 0 radical (unpaired) electrons. The van der Waals surface area contributed by atoms with E-state index in [-0.39, 0.29) is 5.91 Å². The van der Waals surface area contributed by atoms with Crippen molar-refractivity contribution in [2.75, 3.05) is 13.7 Å². The lowest BCUT2D eigenvalue weighted by Gasteiger charge is -2.11. The molecule has 232 valence electrons. The molecule has 0 aliphatic rings. The molecule has 2 aromatic carbocycles. The average molecular weight is 581 g/mol. The van der Waals surface area contributed by atoms with Crippen LogP contribution < -0.4 is 19.6 Å². The average Bonchev–Trinajstić information content (AvgIpc) is 3.00.